The maximum Gasteiger partial charge on any atom is 0.338 e. The van der Waals surface area contributed by atoms with Crippen LogP contribution in [0.2, 0.25) is 0 Å². The molecule has 1 aliphatic rings. The first-order valence-corrected chi connectivity index (χ1v) is 11.6. The summed E-state index contributed by atoms with van der Waals surface area (Å²) in [7, 11) is 0. The topological polar surface area (TPSA) is 108 Å². The summed E-state index contributed by atoms with van der Waals surface area (Å²) >= 11 is 1.32. The van der Waals surface area contributed by atoms with Gasteiger partial charge in [0.05, 0.1) is 11.1 Å². The zero-order valence-electron chi connectivity index (χ0n) is 18.3. The number of benzene rings is 2. The van der Waals surface area contributed by atoms with Crippen LogP contribution in [-0.2, 0) is 23.7 Å². The van der Waals surface area contributed by atoms with Crippen LogP contribution in [0.15, 0.2) is 60.7 Å². The number of carbonyl (C=O) groups is 3. The van der Waals surface area contributed by atoms with Gasteiger partial charge >= 0.3 is 17.9 Å². The molecular formula is C24H26O8S. The molecule has 176 valence electrons. The summed E-state index contributed by atoms with van der Waals surface area (Å²) in [5.74, 6) is -1.27. The van der Waals surface area contributed by atoms with Gasteiger partial charge in [-0.3, -0.25) is 4.79 Å². The van der Waals surface area contributed by atoms with Gasteiger partial charge in [-0.05, 0) is 30.0 Å². The van der Waals surface area contributed by atoms with Crippen LogP contribution in [0.4, 0.5) is 0 Å². The van der Waals surface area contributed by atoms with Crippen molar-refractivity contribution < 1.29 is 38.4 Å². The van der Waals surface area contributed by atoms with E-state index in [9.17, 15) is 19.5 Å². The molecule has 2 aromatic rings. The van der Waals surface area contributed by atoms with Crippen molar-refractivity contribution in [1.29, 1.82) is 0 Å². The van der Waals surface area contributed by atoms with E-state index >= 15 is 0 Å². The number of rotatable bonds is 8. The summed E-state index contributed by atoms with van der Waals surface area (Å²) in [6, 6.07) is 16.8. The number of ether oxygens (including phenoxy) is 4. The van der Waals surface area contributed by atoms with E-state index in [0.717, 1.165) is 0 Å². The van der Waals surface area contributed by atoms with E-state index in [0.29, 0.717) is 16.9 Å². The highest BCUT2D eigenvalue weighted by Gasteiger charge is 2.49. The number of carbonyl (C=O) groups excluding carboxylic acids is 3. The van der Waals surface area contributed by atoms with Gasteiger partial charge in [-0.15, -0.1) is 11.8 Å². The second-order valence-corrected chi connectivity index (χ2v) is 8.64. The van der Waals surface area contributed by atoms with Crippen LogP contribution in [0.5, 0.6) is 0 Å². The van der Waals surface area contributed by atoms with Crippen molar-refractivity contribution in [2.45, 2.75) is 43.7 Å². The summed E-state index contributed by atoms with van der Waals surface area (Å²) < 4.78 is 22.2. The summed E-state index contributed by atoms with van der Waals surface area (Å²) in [5.41, 5.74) is -0.0927. The fourth-order valence-electron chi connectivity index (χ4n) is 3.37. The highest BCUT2D eigenvalue weighted by molar-refractivity contribution is 7.99. The van der Waals surface area contributed by atoms with Crippen LogP contribution in [0.3, 0.4) is 0 Å². The predicted molar refractivity (Wildman–Crippen MR) is 121 cm³/mol. The molecule has 3 rings (SSSR count). The smallest absolute Gasteiger partial charge is 0.338 e. The largest absolute Gasteiger partial charge is 0.459 e. The van der Waals surface area contributed by atoms with E-state index in [1.54, 1.807) is 60.7 Å². The Morgan fingerprint density at radius 1 is 0.909 bits per heavy atom. The molecule has 0 radical (unpaired) electrons. The van der Waals surface area contributed by atoms with Gasteiger partial charge in [-0.1, -0.05) is 43.3 Å². The fraction of sp³-hybridized carbons (Fsp3) is 0.375. The van der Waals surface area contributed by atoms with Gasteiger partial charge in [-0.25, -0.2) is 9.59 Å². The lowest BCUT2D eigenvalue weighted by Gasteiger charge is -2.42. The van der Waals surface area contributed by atoms with E-state index in [2.05, 4.69) is 0 Å². The quantitative estimate of drug-likeness (QED) is 0.456. The van der Waals surface area contributed by atoms with Crippen molar-refractivity contribution in [1.82, 2.24) is 0 Å². The first-order valence-electron chi connectivity index (χ1n) is 10.5. The van der Waals surface area contributed by atoms with Crippen molar-refractivity contribution in [3.8, 4) is 0 Å². The van der Waals surface area contributed by atoms with Crippen molar-refractivity contribution in [3.63, 3.8) is 0 Å². The SMILES string of the molecule is CCSC1O[C@H](COC(=O)c2ccccc2)[C@H](OC(C)=O)[C@H](O)[C@H]1OC(=O)c1ccccc1. The zero-order valence-corrected chi connectivity index (χ0v) is 19.1. The van der Waals surface area contributed by atoms with Crippen molar-refractivity contribution in [2.24, 2.45) is 0 Å². The Kier molecular flexibility index (Phi) is 8.87. The monoisotopic (exact) mass is 474 g/mol. The Balaban J connectivity index is 1.76. The molecule has 0 aromatic heterocycles. The van der Waals surface area contributed by atoms with E-state index in [4.69, 9.17) is 18.9 Å². The molecule has 2 aromatic carbocycles. The number of aliphatic hydroxyl groups excluding tert-OH is 1. The molecule has 33 heavy (non-hydrogen) atoms. The van der Waals surface area contributed by atoms with Gasteiger partial charge in [0.15, 0.2) is 12.2 Å². The van der Waals surface area contributed by atoms with Crippen LogP contribution in [0, 0.1) is 0 Å². The zero-order chi connectivity index (χ0) is 23.8. The summed E-state index contributed by atoms with van der Waals surface area (Å²) in [6.45, 7) is 2.82. The molecule has 1 aliphatic heterocycles. The maximum atomic E-state index is 12.6. The van der Waals surface area contributed by atoms with E-state index in [1.165, 1.54) is 18.7 Å². The van der Waals surface area contributed by atoms with Gasteiger partial charge in [0, 0.05) is 6.92 Å². The average molecular weight is 475 g/mol. The molecule has 9 heteroatoms. The highest BCUT2D eigenvalue weighted by atomic mass is 32.2. The highest BCUT2D eigenvalue weighted by Crippen LogP contribution is 2.33. The molecule has 1 heterocycles. The second kappa shape index (κ2) is 11.8. The standard InChI is InChI=1S/C24H26O8S/c1-3-33-24-21(32-23(28)17-12-8-5-9-13-17)19(26)20(30-15(2)25)18(31-24)14-29-22(27)16-10-6-4-7-11-16/h4-13,18-21,24,26H,3,14H2,1-2H3/t18-,19+,20+,21-,24?/m1/s1. The molecule has 1 fully saturated rings. The summed E-state index contributed by atoms with van der Waals surface area (Å²) in [5, 5.41) is 11.0. The Labute approximate surface area is 196 Å². The molecule has 1 N–H and O–H groups in total. The first-order chi connectivity index (χ1) is 15.9. The summed E-state index contributed by atoms with van der Waals surface area (Å²) in [4.78, 5) is 36.7. The Hall–Kier alpha value is -2.88. The molecule has 0 amide bonds. The number of esters is 3. The second-order valence-electron chi connectivity index (χ2n) is 7.26. The number of thioether (sulfide) groups is 1. The van der Waals surface area contributed by atoms with Crippen LogP contribution >= 0.6 is 11.8 Å². The minimum atomic E-state index is -1.39. The number of hydrogen-bond acceptors (Lipinski definition) is 9. The van der Waals surface area contributed by atoms with Crippen molar-refractivity contribution in [3.05, 3.63) is 71.8 Å². The molecule has 1 saturated heterocycles. The third-order valence-electron chi connectivity index (χ3n) is 4.89. The van der Waals surface area contributed by atoms with Gasteiger partial charge < -0.3 is 24.1 Å². The Morgan fingerprint density at radius 2 is 1.48 bits per heavy atom. The fourth-order valence-corrected chi connectivity index (χ4v) is 4.33. The van der Waals surface area contributed by atoms with Crippen LogP contribution in [0.1, 0.15) is 34.6 Å². The molecule has 8 nitrogen and oxygen atoms in total. The van der Waals surface area contributed by atoms with Crippen LogP contribution in [0.25, 0.3) is 0 Å². The van der Waals surface area contributed by atoms with Gasteiger partial charge in [0.2, 0.25) is 0 Å². The van der Waals surface area contributed by atoms with E-state index in [-0.39, 0.29) is 6.61 Å². The third kappa shape index (κ3) is 6.56. The number of hydrogen-bond donors (Lipinski definition) is 1. The minimum Gasteiger partial charge on any atom is -0.459 e. The van der Waals surface area contributed by atoms with E-state index < -0.39 is 47.8 Å². The molecule has 0 aliphatic carbocycles. The molecule has 0 saturated carbocycles. The molecule has 0 spiro atoms. The van der Waals surface area contributed by atoms with E-state index in [1.807, 2.05) is 6.92 Å². The van der Waals surface area contributed by atoms with Gasteiger partial charge in [0.1, 0.15) is 24.3 Å². The Morgan fingerprint density at radius 3 is 2.03 bits per heavy atom. The summed E-state index contributed by atoms with van der Waals surface area (Å²) in [6.07, 6.45) is -4.64. The lowest BCUT2D eigenvalue weighted by Crippen LogP contribution is -2.60. The number of aliphatic hydroxyl groups is 1. The lowest BCUT2D eigenvalue weighted by atomic mass is 9.99. The molecular weight excluding hydrogens is 448 g/mol. The average Bonchev–Trinajstić information content (AvgIpc) is 2.82. The van der Waals surface area contributed by atoms with Gasteiger partial charge in [-0.2, -0.15) is 0 Å². The van der Waals surface area contributed by atoms with Crippen LogP contribution < -0.4 is 0 Å². The van der Waals surface area contributed by atoms with Crippen molar-refractivity contribution >= 4 is 29.7 Å². The first kappa shape index (κ1) is 24.8. The maximum absolute atomic E-state index is 12.6. The normalized spacial score (nSPS) is 24.5. The molecule has 1 unspecified atom stereocenters. The minimum absolute atomic E-state index is 0.261. The Bertz CT molecular complexity index is 934. The van der Waals surface area contributed by atoms with Crippen molar-refractivity contribution in [2.75, 3.05) is 12.4 Å². The van der Waals surface area contributed by atoms with Crippen LogP contribution in [-0.4, -0.2) is 65.2 Å². The van der Waals surface area contributed by atoms with Gasteiger partial charge in [0.25, 0.3) is 0 Å². The molecule has 5 atom stereocenters. The lowest BCUT2D eigenvalue weighted by molar-refractivity contribution is -0.220. The third-order valence-corrected chi connectivity index (χ3v) is 5.93. The molecule has 0 bridgehead atoms. The predicted octanol–water partition coefficient (Wildman–Crippen LogP) is 2.84.